The number of rotatable bonds is 6. The summed E-state index contributed by atoms with van der Waals surface area (Å²) < 4.78 is 10.9. The first-order chi connectivity index (χ1) is 18.3. The Hall–Kier alpha value is -5.50. The third-order valence-electron chi connectivity index (χ3n) is 5.87. The Kier molecular flexibility index (Phi) is 6.28. The second-order valence-electron chi connectivity index (χ2n) is 8.42. The first kappa shape index (κ1) is 24.2. The number of hydrogen-bond acceptors (Lipinski definition) is 6. The molecule has 38 heavy (non-hydrogen) atoms. The lowest BCUT2D eigenvalue weighted by Crippen LogP contribution is -2.12. The van der Waals surface area contributed by atoms with Crippen LogP contribution in [0, 0.1) is 0 Å². The standard InChI is InChI=1S/C30H18O8/c31-27(32)21-6-4-19-15-25(10-8-17(19)12-21)37-29(35)23-2-1-3-24(14-23)30(36)38-26-11-9-18-13-22(28(33)34)7-5-20(18)16-26/h1-16H,(H,31,32)(H,33,34). The molecule has 0 amide bonds. The molecule has 0 saturated carbocycles. The molecule has 0 saturated heterocycles. The van der Waals surface area contributed by atoms with Crippen molar-refractivity contribution < 1.29 is 38.9 Å². The van der Waals surface area contributed by atoms with Gasteiger partial charge in [-0.15, -0.1) is 0 Å². The predicted octanol–water partition coefficient (Wildman–Crippen LogP) is 5.83. The molecule has 0 fully saturated rings. The van der Waals surface area contributed by atoms with Crippen LogP contribution in [0.4, 0.5) is 0 Å². The average Bonchev–Trinajstić information content (AvgIpc) is 2.92. The molecule has 5 aromatic carbocycles. The Morgan fingerprint density at radius 3 is 1.26 bits per heavy atom. The van der Waals surface area contributed by atoms with Crippen molar-refractivity contribution in [1.29, 1.82) is 0 Å². The van der Waals surface area contributed by atoms with Crippen molar-refractivity contribution in [3.8, 4) is 11.5 Å². The molecule has 2 N–H and O–H groups in total. The van der Waals surface area contributed by atoms with Crippen LogP contribution in [0.1, 0.15) is 41.4 Å². The van der Waals surface area contributed by atoms with E-state index in [0.29, 0.717) is 21.5 Å². The van der Waals surface area contributed by atoms with Crippen LogP contribution in [-0.2, 0) is 0 Å². The van der Waals surface area contributed by atoms with Gasteiger partial charge in [0.25, 0.3) is 0 Å². The summed E-state index contributed by atoms with van der Waals surface area (Å²) in [6, 6.07) is 24.8. The van der Waals surface area contributed by atoms with E-state index in [0.717, 1.165) is 0 Å². The van der Waals surface area contributed by atoms with E-state index in [2.05, 4.69) is 0 Å². The number of aromatic carboxylic acids is 2. The molecule has 0 bridgehead atoms. The lowest BCUT2D eigenvalue weighted by Gasteiger charge is -2.09. The second-order valence-corrected chi connectivity index (χ2v) is 8.42. The van der Waals surface area contributed by atoms with Crippen molar-refractivity contribution in [2.45, 2.75) is 0 Å². The molecule has 0 atom stereocenters. The van der Waals surface area contributed by atoms with Crippen molar-refractivity contribution in [2.24, 2.45) is 0 Å². The van der Waals surface area contributed by atoms with E-state index in [1.807, 2.05) is 0 Å². The maximum atomic E-state index is 12.8. The molecular formula is C30H18O8. The monoisotopic (exact) mass is 506 g/mol. The normalized spacial score (nSPS) is 10.7. The molecule has 8 heteroatoms. The maximum absolute atomic E-state index is 12.8. The number of carboxylic acids is 2. The summed E-state index contributed by atoms with van der Waals surface area (Å²) in [5, 5.41) is 21.0. The van der Waals surface area contributed by atoms with Crippen LogP contribution in [-0.4, -0.2) is 34.1 Å². The average molecular weight is 506 g/mol. The maximum Gasteiger partial charge on any atom is 0.343 e. The topological polar surface area (TPSA) is 127 Å². The molecule has 0 spiro atoms. The smallest absolute Gasteiger partial charge is 0.343 e. The van der Waals surface area contributed by atoms with E-state index in [-0.39, 0.29) is 33.8 Å². The van der Waals surface area contributed by atoms with Crippen molar-refractivity contribution in [3.05, 3.63) is 119 Å². The molecule has 0 heterocycles. The lowest BCUT2D eigenvalue weighted by atomic mass is 10.1. The molecule has 0 aliphatic rings. The third kappa shape index (κ3) is 5.05. The Bertz CT molecular complexity index is 1640. The highest BCUT2D eigenvalue weighted by molar-refractivity contribution is 5.99. The van der Waals surface area contributed by atoms with Crippen LogP contribution < -0.4 is 9.47 Å². The zero-order valence-electron chi connectivity index (χ0n) is 19.6. The van der Waals surface area contributed by atoms with Gasteiger partial charge in [0.2, 0.25) is 0 Å². The molecule has 0 aliphatic heterocycles. The van der Waals surface area contributed by atoms with Crippen LogP contribution in [0.15, 0.2) is 97.1 Å². The molecule has 0 unspecified atom stereocenters. The summed E-state index contributed by atoms with van der Waals surface area (Å²) in [6.07, 6.45) is 0. The number of carbonyl (C=O) groups is 4. The Morgan fingerprint density at radius 2 is 0.842 bits per heavy atom. The number of esters is 2. The number of carbonyl (C=O) groups excluding carboxylic acids is 2. The number of ether oxygens (including phenoxy) is 2. The van der Waals surface area contributed by atoms with Gasteiger partial charge in [0.05, 0.1) is 22.3 Å². The fraction of sp³-hybridized carbons (Fsp3) is 0. The Balaban J connectivity index is 1.30. The van der Waals surface area contributed by atoms with Crippen molar-refractivity contribution in [3.63, 3.8) is 0 Å². The molecule has 0 radical (unpaired) electrons. The van der Waals surface area contributed by atoms with Crippen molar-refractivity contribution in [1.82, 2.24) is 0 Å². The fourth-order valence-electron chi connectivity index (χ4n) is 3.95. The van der Waals surface area contributed by atoms with Crippen molar-refractivity contribution >= 4 is 45.4 Å². The molecule has 8 nitrogen and oxygen atoms in total. The van der Waals surface area contributed by atoms with Gasteiger partial charge in [0, 0.05) is 0 Å². The summed E-state index contributed by atoms with van der Waals surface area (Å²) >= 11 is 0. The zero-order chi connectivity index (χ0) is 26.8. The minimum Gasteiger partial charge on any atom is -0.478 e. The molecule has 0 aliphatic carbocycles. The van der Waals surface area contributed by atoms with Gasteiger partial charge in [-0.05, 0) is 88.3 Å². The van der Waals surface area contributed by atoms with Gasteiger partial charge in [-0.2, -0.15) is 0 Å². The van der Waals surface area contributed by atoms with E-state index >= 15 is 0 Å². The van der Waals surface area contributed by atoms with E-state index < -0.39 is 23.9 Å². The summed E-state index contributed by atoms with van der Waals surface area (Å²) in [5.41, 5.74) is 0.588. The van der Waals surface area contributed by atoms with E-state index in [9.17, 15) is 19.2 Å². The molecule has 0 aromatic heterocycles. The first-order valence-electron chi connectivity index (χ1n) is 11.4. The third-order valence-corrected chi connectivity index (χ3v) is 5.87. The van der Waals surface area contributed by atoms with Gasteiger partial charge in [0.15, 0.2) is 0 Å². The molecule has 5 rings (SSSR count). The molecule has 5 aromatic rings. The van der Waals surface area contributed by atoms with Gasteiger partial charge >= 0.3 is 23.9 Å². The fourth-order valence-corrected chi connectivity index (χ4v) is 3.95. The molecule has 186 valence electrons. The lowest BCUT2D eigenvalue weighted by molar-refractivity contribution is 0.0686. The van der Waals surface area contributed by atoms with E-state index in [1.54, 1.807) is 48.5 Å². The van der Waals surface area contributed by atoms with Crippen LogP contribution >= 0.6 is 0 Å². The SMILES string of the molecule is O=C(O)c1ccc2cc(OC(=O)c3cccc(C(=O)Oc4ccc5cc(C(=O)O)ccc5c4)c3)ccc2c1. The Labute approximate surface area is 215 Å². The molecular weight excluding hydrogens is 488 g/mol. The quantitative estimate of drug-likeness (QED) is 0.218. The van der Waals surface area contributed by atoms with Gasteiger partial charge in [-0.25, -0.2) is 19.2 Å². The van der Waals surface area contributed by atoms with Crippen LogP contribution in [0.25, 0.3) is 21.5 Å². The van der Waals surface area contributed by atoms with E-state index in [1.165, 1.54) is 48.5 Å². The van der Waals surface area contributed by atoms with Gasteiger partial charge in [-0.1, -0.05) is 30.3 Å². The van der Waals surface area contributed by atoms with Crippen LogP contribution in [0.3, 0.4) is 0 Å². The van der Waals surface area contributed by atoms with Gasteiger partial charge in [0.1, 0.15) is 11.5 Å². The minimum atomic E-state index is -1.03. The minimum absolute atomic E-state index is 0.139. The first-order valence-corrected chi connectivity index (χ1v) is 11.4. The second kappa shape index (κ2) is 9.87. The highest BCUT2D eigenvalue weighted by atomic mass is 16.5. The van der Waals surface area contributed by atoms with Crippen molar-refractivity contribution in [2.75, 3.05) is 0 Å². The summed E-state index contributed by atoms with van der Waals surface area (Å²) in [4.78, 5) is 47.8. The van der Waals surface area contributed by atoms with Gasteiger partial charge < -0.3 is 19.7 Å². The predicted molar refractivity (Wildman–Crippen MR) is 138 cm³/mol. The largest absolute Gasteiger partial charge is 0.478 e. The zero-order valence-corrected chi connectivity index (χ0v) is 19.6. The number of benzene rings is 5. The highest BCUT2D eigenvalue weighted by Gasteiger charge is 2.15. The Morgan fingerprint density at radius 1 is 0.447 bits per heavy atom. The number of carboxylic acid groups (broad SMARTS) is 2. The van der Waals surface area contributed by atoms with Gasteiger partial charge in [-0.3, -0.25) is 0 Å². The summed E-state index contributed by atoms with van der Waals surface area (Å²) in [7, 11) is 0. The summed E-state index contributed by atoms with van der Waals surface area (Å²) in [5.74, 6) is -2.89. The van der Waals surface area contributed by atoms with E-state index in [4.69, 9.17) is 19.7 Å². The number of fused-ring (bicyclic) bond motifs is 2. The summed E-state index contributed by atoms with van der Waals surface area (Å²) in [6.45, 7) is 0. The van der Waals surface area contributed by atoms with Crippen LogP contribution in [0.2, 0.25) is 0 Å². The highest BCUT2D eigenvalue weighted by Crippen LogP contribution is 2.25. The van der Waals surface area contributed by atoms with Crippen LogP contribution in [0.5, 0.6) is 11.5 Å². The number of hydrogen-bond donors (Lipinski definition) is 2.